The maximum absolute atomic E-state index is 12.9. The Labute approximate surface area is 193 Å². The van der Waals surface area contributed by atoms with Crippen LogP contribution >= 0.6 is 11.6 Å². The highest BCUT2D eigenvalue weighted by atomic mass is 35.5. The number of benzene rings is 2. The molecule has 0 aliphatic carbocycles. The molecule has 0 saturated carbocycles. The second kappa shape index (κ2) is 11.5. The van der Waals surface area contributed by atoms with Crippen molar-refractivity contribution >= 4 is 33.2 Å². The van der Waals surface area contributed by atoms with Crippen LogP contribution in [0.1, 0.15) is 10.4 Å². The number of amides is 1. The lowest BCUT2D eigenvalue weighted by Gasteiger charge is -2.26. The number of hydrogen-bond acceptors (Lipinski definition) is 6. The van der Waals surface area contributed by atoms with Crippen LogP contribution < -0.4 is 27.2 Å². The number of hydrogen-bond donors (Lipinski definition) is 2. The summed E-state index contributed by atoms with van der Waals surface area (Å²) in [7, 11) is -2.59. The Morgan fingerprint density at radius 2 is 1.90 bits per heavy atom. The van der Waals surface area contributed by atoms with Gasteiger partial charge < -0.3 is 27.2 Å². The molecule has 2 aromatic rings. The van der Waals surface area contributed by atoms with Crippen LogP contribution in [0.15, 0.2) is 47.4 Å². The molecule has 0 atom stereocenters. The van der Waals surface area contributed by atoms with Crippen LogP contribution in [-0.2, 0) is 14.8 Å². The zero-order valence-corrected chi connectivity index (χ0v) is 19.3. The third kappa shape index (κ3) is 6.72. The molecule has 1 aliphatic rings. The fourth-order valence-electron chi connectivity index (χ4n) is 3.03. The van der Waals surface area contributed by atoms with Crippen LogP contribution in [0.3, 0.4) is 0 Å². The lowest BCUT2D eigenvalue weighted by molar-refractivity contribution is -0.0000193. The van der Waals surface area contributed by atoms with Gasteiger partial charge in [0.25, 0.3) is 15.9 Å². The van der Waals surface area contributed by atoms with Crippen LogP contribution in [-0.4, -0.2) is 65.7 Å². The van der Waals surface area contributed by atoms with Crippen LogP contribution in [0.4, 0.5) is 5.69 Å². The molecule has 0 bridgehead atoms. The van der Waals surface area contributed by atoms with Crippen molar-refractivity contribution in [1.29, 1.82) is 0 Å². The zero-order chi connectivity index (χ0) is 21.6. The number of halogens is 2. The normalized spacial score (nSPS) is 14.4. The number of sulfonamides is 1. The molecule has 3 rings (SSSR count). The van der Waals surface area contributed by atoms with Gasteiger partial charge in [-0.1, -0.05) is 23.7 Å². The molecule has 170 valence electrons. The molecule has 1 amide bonds. The molecule has 0 radical (unpaired) electrons. The smallest absolute Gasteiger partial charge is 0.263 e. The molecule has 11 heteroatoms. The van der Waals surface area contributed by atoms with Gasteiger partial charge in [-0.05, 0) is 30.3 Å². The summed E-state index contributed by atoms with van der Waals surface area (Å²) in [5, 5.41) is 2.83. The van der Waals surface area contributed by atoms with Crippen molar-refractivity contribution in [3.63, 3.8) is 0 Å². The minimum absolute atomic E-state index is 0. The number of anilines is 1. The number of nitrogens with zero attached hydrogens (tertiary/aromatic N) is 1. The first kappa shape index (κ1) is 25.2. The van der Waals surface area contributed by atoms with Crippen LogP contribution in [0.5, 0.6) is 5.75 Å². The molecule has 8 nitrogen and oxygen atoms in total. The van der Waals surface area contributed by atoms with Crippen molar-refractivity contribution in [2.45, 2.75) is 4.90 Å². The van der Waals surface area contributed by atoms with Gasteiger partial charge >= 0.3 is 0 Å². The van der Waals surface area contributed by atoms with E-state index >= 15 is 0 Å². The Bertz CT molecular complexity index is 998. The molecule has 2 aromatic carbocycles. The van der Waals surface area contributed by atoms with E-state index in [-0.39, 0.29) is 39.5 Å². The number of carbonyl (C=O) groups is 1. The summed E-state index contributed by atoms with van der Waals surface area (Å²) in [6, 6.07) is 10.8. The average molecular weight is 489 g/mol. The predicted molar refractivity (Wildman–Crippen MR) is 115 cm³/mol. The van der Waals surface area contributed by atoms with Crippen molar-refractivity contribution in [3.8, 4) is 5.75 Å². The van der Waals surface area contributed by atoms with E-state index in [0.717, 1.165) is 13.1 Å². The van der Waals surface area contributed by atoms with Crippen molar-refractivity contribution in [1.82, 2.24) is 10.2 Å². The van der Waals surface area contributed by atoms with E-state index in [1.807, 2.05) is 0 Å². The van der Waals surface area contributed by atoms with E-state index in [9.17, 15) is 13.2 Å². The fraction of sp³-hybridized carbons (Fsp3) is 0.350. The number of para-hydroxylation sites is 2. The van der Waals surface area contributed by atoms with E-state index in [0.29, 0.717) is 32.1 Å². The summed E-state index contributed by atoms with van der Waals surface area (Å²) in [6.45, 7) is 4.17. The first-order chi connectivity index (χ1) is 14.4. The molecule has 0 unspecified atom stereocenters. The summed E-state index contributed by atoms with van der Waals surface area (Å²) in [6.07, 6.45) is 0. The van der Waals surface area contributed by atoms with Gasteiger partial charge in [0.15, 0.2) is 0 Å². The molecular formula is C20H24Cl2N3O5S-. The van der Waals surface area contributed by atoms with E-state index < -0.39 is 10.0 Å². The average Bonchev–Trinajstić information content (AvgIpc) is 2.74. The van der Waals surface area contributed by atoms with E-state index in [1.165, 1.54) is 25.3 Å². The van der Waals surface area contributed by atoms with Gasteiger partial charge in [-0.15, -0.1) is 0 Å². The minimum atomic E-state index is -4.03. The zero-order valence-electron chi connectivity index (χ0n) is 16.9. The van der Waals surface area contributed by atoms with Crippen molar-refractivity contribution in [2.24, 2.45) is 0 Å². The highest BCUT2D eigenvalue weighted by Crippen LogP contribution is 2.29. The lowest BCUT2D eigenvalue weighted by atomic mass is 10.2. The Hall–Kier alpha value is -2.04. The summed E-state index contributed by atoms with van der Waals surface area (Å²) in [4.78, 5) is 14.5. The molecule has 1 heterocycles. The SMILES string of the molecule is COc1ccccc1NS(=O)(=O)c1cc(C(=O)NCCN2CCOCC2)ccc1Cl.[Cl-]. The fourth-order valence-corrected chi connectivity index (χ4v) is 4.63. The number of rotatable bonds is 8. The summed E-state index contributed by atoms with van der Waals surface area (Å²) >= 11 is 6.13. The van der Waals surface area contributed by atoms with Crippen LogP contribution in [0.25, 0.3) is 0 Å². The lowest BCUT2D eigenvalue weighted by Crippen LogP contribution is -3.00. The Morgan fingerprint density at radius 3 is 2.61 bits per heavy atom. The maximum Gasteiger partial charge on any atom is 0.263 e. The van der Waals surface area contributed by atoms with Gasteiger partial charge in [-0.3, -0.25) is 14.4 Å². The predicted octanol–water partition coefficient (Wildman–Crippen LogP) is -0.785. The number of nitrogens with one attached hydrogen (secondary N) is 2. The largest absolute Gasteiger partial charge is 1.00 e. The standard InChI is InChI=1S/C20H24ClN3O5S.ClH/c1-28-18-5-3-2-4-17(18)23-30(26,27)19-14-15(6-7-16(19)21)20(25)22-8-9-24-10-12-29-13-11-24;/h2-7,14,23H,8-13H2,1H3,(H,22,25);1H/p-1. The molecular weight excluding hydrogens is 465 g/mol. The number of methoxy groups -OCH3 is 1. The third-order valence-electron chi connectivity index (χ3n) is 4.65. The Kier molecular flexibility index (Phi) is 9.39. The topological polar surface area (TPSA) is 97.0 Å². The highest BCUT2D eigenvalue weighted by Gasteiger charge is 2.22. The second-order valence-corrected chi connectivity index (χ2v) is 8.72. The first-order valence-electron chi connectivity index (χ1n) is 9.44. The van der Waals surface area contributed by atoms with Gasteiger partial charge in [0.1, 0.15) is 10.6 Å². The van der Waals surface area contributed by atoms with Crippen LogP contribution in [0.2, 0.25) is 5.02 Å². The molecule has 2 N–H and O–H groups in total. The van der Waals surface area contributed by atoms with Crippen molar-refractivity contribution in [2.75, 3.05) is 51.2 Å². The Balaban J connectivity index is 0.00000341. The quantitative estimate of drug-likeness (QED) is 0.505. The maximum atomic E-state index is 12.9. The van der Waals surface area contributed by atoms with E-state index in [1.54, 1.807) is 24.3 Å². The molecule has 0 spiro atoms. The molecule has 31 heavy (non-hydrogen) atoms. The third-order valence-corrected chi connectivity index (χ3v) is 6.50. The molecule has 1 fully saturated rings. The van der Waals surface area contributed by atoms with Gasteiger partial charge in [-0.2, -0.15) is 0 Å². The molecule has 1 aliphatic heterocycles. The summed E-state index contributed by atoms with van der Waals surface area (Å²) < 4.78 is 38.7. The van der Waals surface area contributed by atoms with Crippen molar-refractivity contribution < 1.29 is 35.1 Å². The number of carbonyl (C=O) groups excluding carboxylic acids is 1. The first-order valence-corrected chi connectivity index (χ1v) is 11.3. The second-order valence-electron chi connectivity index (χ2n) is 6.66. The van der Waals surface area contributed by atoms with Gasteiger partial charge in [0.2, 0.25) is 0 Å². The minimum Gasteiger partial charge on any atom is -1.00 e. The van der Waals surface area contributed by atoms with E-state index in [2.05, 4.69) is 14.9 Å². The van der Waals surface area contributed by atoms with Crippen molar-refractivity contribution in [3.05, 3.63) is 53.1 Å². The van der Waals surface area contributed by atoms with Gasteiger partial charge in [-0.25, -0.2) is 8.42 Å². The number of morpholine rings is 1. The van der Waals surface area contributed by atoms with Crippen LogP contribution in [0, 0.1) is 0 Å². The summed E-state index contributed by atoms with van der Waals surface area (Å²) in [5.74, 6) is 0.00266. The highest BCUT2D eigenvalue weighted by molar-refractivity contribution is 7.92. The molecule has 0 aromatic heterocycles. The number of ether oxygens (including phenoxy) is 2. The summed E-state index contributed by atoms with van der Waals surface area (Å²) in [5.41, 5.74) is 0.484. The molecule has 1 saturated heterocycles. The van der Waals surface area contributed by atoms with E-state index in [4.69, 9.17) is 21.1 Å². The Morgan fingerprint density at radius 1 is 1.19 bits per heavy atom. The monoisotopic (exact) mass is 488 g/mol. The van der Waals surface area contributed by atoms with Gasteiger partial charge in [0.05, 0.1) is 31.0 Å². The van der Waals surface area contributed by atoms with Gasteiger partial charge in [0, 0.05) is 31.7 Å².